The summed E-state index contributed by atoms with van der Waals surface area (Å²) in [6.45, 7) is 6.93. The number of anilines is 1. The minimum Gasteiger partial charge on any atom is -0.490 e. The Bertz CT molecular complexity index is 1530. The predicted octanol–water partition coefficient (Wildman–Crippen LogP) is 6.19. The largest absolute Gasteiger partial charge is 0.490 e. The van der Waals surface area contributed by atoms with Crippen molar-refractivity contribution >= 4 is 44.9 Å². The molecule has 0 N–H and O–H groups in total. The summed E-state index contributed by atoms with van der Waals surface area (Å²) in [7, 11) is 0. The van der Waals surface area contributed by atoms with E-state index in [4.69, 9.17) is 25.5 Å². The van der Waals surface area contributed by atoms with Crippen LogP contribution in [0.5, 0.6) is 11.5 Å². The van der Waals surface area contributed by atoms with Crippen LogP contribution in [-0.4, -0.2) is 29.3 Å². The summed E-state index contributed by atoms with van der Waals surface area (Å²) < 4.78 is 17.7. The van der Waals surface area contributed by atoms with E-state index in [1.807, 2.05) is 26.0 Å². The van der Waals surface area contributed by atoms with Crippen LogP contribution in [0.15, 0.2) is 45.6 Å². The normalized spacial score (nSPS) is 14.9. The zero-order valence-corrected chi connectivity index (χ0v) is 22.3. The highest BCUT2D eigenvalue weighted by atomic mass is 35.5. The second-order valence-corrected chi connectivity index (χ2v) is 10.1. The number of halogens is 1. The van der Waals surface area contributed by atoms with Gasteiger partial charge in [-0.3, -0.25) is 14.5 Å². The predicted molar refractivity (Wildman–Crippen MR) is 143 cm³/mol. The van der Waals surface area contributed by atoms with E-state index in [2.05, 4.69) is 17.1 Å². The number of carbonyl (C=O) groups excluding carboxylic acids is 1. The number of rotatable bonds is 9. The molecule has 0 aliphatic carbocycles. The van der Waals surface area contributed by atoms with Crippen molar-refractivity contribution < 1.29 is 18.7 Å². The average molecular weight is 540 g/mol. The minimum absolute atomic E-state index is 0.0127. The number of carbonyl (C=O) groups is 1. The van der Waals surface area contributed by atoms with Gasteiger partial charge >= 0.3 is 0 Å². The summed E-state index contributed by atoms with van der Waals surface area (Å²) in [6.07, 6.45) is 2.49. The lowest BCUT2D eigenvalue weighted by Crippen LogP contribution is -2.29. The van der Waals surface area contributed by atoms with Crippen molar-refractivity contribution in [2.75, 3.05) is 18.1 Å². The van der Waals surface area contributed by atoms with Crippen LogP contribution in [0.25, 0.3) is 11.0 Å². The second-order valence-electron chi connectivity index (χ2n) is 8.61. The number of amides is 1. The molecule has 3 heterocycles. The Hall–Kier alpha value is -3.43. The molecule has 0 radical (unpaired) electrons. The Morgan fingerprint density at radius 3 is 2.62 bits per heavy atom. The van der Waals surface area contributed by atoms with E-state index in [9.17, 15) is 9.59 Å². The highest BCUT2D eigenvalue weighted by Crippen LogP contribution is 2.44. The van der Waals surface area contributed by atoms with Crippen LogP contribution in [0.1, 0.15) is 66.3 Å². The molecule has 2 aromatic carbocycles. The standard InChI is InChI=1S/C27H26ClN3O5S/c1-4-7-21-29-30-27(37-21)31-23(15-8-10-19(35-12-5-2)20(13-15)34-6-3)22-24(32)17-14-16(28)9-11-18(17)36-25(22)26(31)33/h8-11,13-14,23H,4-7,12H2,1-3H3. The molecule has 192 valence electrons. The molecule has 1 amide bonds. The van der Waals surface area contributed by atoms with E-state index in [0.717, 1.165) is 24.3 Å². The second kappa shape index (κ2) is 10.5. The number of hydrogen-bond donors (Lipinski definition) is 0. The van der Waals surface area contributed by atoms with Gasteiger partial charge in [-0.1, -0.05) is 42.9 Å². The Labute approximate surface area is 222 Å². The quantitative estimate of drug-likeness (QED) is 0.250. The summed E-state index contributed by atoms with van der Waals surface area (Å²) in [6, 6.07) is 9.45. The van der Waals surface area contributed by atoms with Crippen molar-refractivity contribution in [2.45, 2.75) is 46.1 Å². The topological polar surface area (TPSA) is 94.8 Å². The fraction of sp³-hybridized carbons (Fsp3) is 0.333. The first kappa shape index (κ1) is 25.2. The van der Waals surface area contributed by atoms with Crippen LogP contribution < -0.4 is 19.8 Å². The first-order valence-corrected chi connectivity index (χ1v) is 13.5. The number of nitrogens with zero attached hydrogens (tertiary/aromatic N) is 3. The van der Waals surface area contributed by atoms with E-state index < -0.39 is 11.9 Å². The SMILES string of the molecule is CCCOc1ccc(C2c3c(oc4ccc(Cl)cc4c3=O)C(=O)N2c2nnc(CCC)s2)cc1OCC. The van der Waals surface area contributed by atoms with E-state index in [1.165, 1.54) is 16.2 Å². The maximum Gasteiger partial charge on any atom is 0.297 e. The maximum absolute atomic E-state index is 13.8. The summed E-state index contributed by atoms with van der Waals surface area (Å²) in [5.41, 5.74) is 0.878. The van der Waals surface area contributed by atoms with Gasteiger partial charge in [0.2, 0.25) is 10.9 Å². The third kappa shape index (κ3) is 4.57. The Morgan fingerprint density at radius 2 is 1.86 bits per heavy atom. The molecule has 1 unspecified atom stereocenters. The van der Waals surface area contributed by atoms with E-state index in [0.29, 0.717) is 51.4 Å². The van der Waals surface area contributed by atoms with Gasteiger partial charge in [-0.2, -0.15) is 0 Å². The van der Waals surface area contributed by atoms with Crippen LogP contribution in [-0.2, 0) is 6.42 Å². The lowest BCUT2D eigenvalue weighted by Gasteiger charge is -2.23. The Balaban J connectivity index is 1.72. The third-order valence-corrected chi connectivity index (χ3v) is 7.22. The lowest BCUT2D eigenvalue weighted by atomic mass is 9.98. The van der Waals surface area contributed by atoms with E-state index in [-0.39, 0.29) is 16.8 Å². The number of aryl methyl sites for hydroxylation is 1. The molecule has 4 aromatic rings. The summed E-state index contributed by atoms with van der Waals surface area (Å²) >= 11 is 7.52. The molecule has 0 spiro atoms. The van der Waals surface area contributed by atoms with Crippen molar-refractivity contribution in [3.05, 3.63) is 73.5 Å². The number of hydrogen-bond acceptors (Lipinski definition) is 8. The number of fused-ring (bicyclic) bond motifs is 2. The van der Waals surface area contributed by atoms with Gasteiger partial charge in [0.25, 0.3) is 5.91 Å². The molecule has 0 saturated heterocycles. The molecular formula is C27H26ClN3O5S. The number of ether oxygens (including phenoxy) is 2. The highest BCUT2D eigenvalue weighted by molar-refractivity contribution is 7.15. The van der Waals surface area contributed by atoms with Crippen molar-refractivity contribution in [1.29, 1.82) is 0 Å². The van der Waals surface area contributed by atoms with Crippen LogP contribution in [0.3, 0.4) is 0 Å². The first-order valence-electron chi connectivity index (χ1n) is 12.3. The number of aromatic nitrogens is 2. The molecule has 8 nitrogen and oxygen atoms in total. The van der Waals surface area contributed by atoms with Crippen molar-refractivity contribution in [1.82, 2.24) is 10.2 Å². The number of benzene rings is 2. The Morgan fingerprint density at radius 1 is 1.03 bits per heavy atom. The molecule has 0 fully saturated rings. The zero-order chi connectivity index (χ0) is 26.1. The van der Waals surface area contributed by atoms with E-state index >= 15 is 0 Å². The molecular weight excluding hydrogens is 514 g/mol. The van der Waals surface area contributed by atoms with Crippen LogP contribution in [0.2, 0.25) is 5.02 Å². The van der Waals surface area contributed by atoms with Gasteiger partial charge in [0.1, 0.15) is 10.6 Å². The molecule has 0 saturated carbocycles. The summed E-state index contributed by atoms with van der Waals surface area (Å²) in [5, 5.41) is 10.5. The van der Waals surface area contributed by atoms with Gasteiger partial charge in [0.15, 0.2) is 16.9 Å². The average Bonchev–Trinajstić information content (AvgIpc) is 3.46. The highest BCUT2D eigenvalue weighted by Gasteiger charge is 2.45. The van der Waals surface area contributed by atoms with Crippen LogP contribution in [0.4, 0.5) is 5.13 Å². The van der Waals surface area contributed by atoms with E-state index in [1.54, 1.807) is 24.3 Å². The van der Waals surface area contributed by atoms with Gasteiger partial charge in [-0.25, -0.2) is 0 Å². The van der Waals surface area contributed by atoms with Gasteiger partial charge in [0, 0.05) is 11.4 Å². The molecule has 1 aliphatic rings. The van der Waals surface area contributed by atoms with Crippen molar-refractivity contribution in [3.63, 3.8) is 0 Å². The molecule has 1 atom stereocenters. The molecule has 10 heteroatoms. The van der Waals surface area contributed by atoms with Crippen molar-refractivity contribution in [3.8, 4) is 11.5 Å². The molecule has 5 rings (SSSR count). The Kier molecular flexibility index (Phi) is 7.17. The molecule has 1 aliphatic heterocycles. The molecule has 2 aromatic heterocycles. The zero-order valence-electron chi connectivity index (χ0n) is 20.7. The maximum atomic E-state index is 13.8. The lowest BCUT2D eigenvalue weighted by molar-refractivity contribution is 0.0970. The molecule has 0 bridgehead atoms. The smallest absolute Gasteiger partial charge is 0.297 e. The van der Waals surface area contributed by atoms with Crippen LogP contribution >= 0.6 is 22.9 Å². The summed E-state index contributed by atoms with van der Waals surface area (Å²) in [4.78, 5) is 29.1. The summed E-state index contributed by atoms with van der Waals surface area (Å²) in [5.74, 6) is 0.673. The fourth-order valence-corrected chi connectivity index (χ4v) is 5.55. The van der Waals surface area contributed by atoms with Crippen molar-refractivity contribution in [2.24, 2.45) is 0 Å². The van der Waals surface area contributed by atoms with Gasteiger partial charge in [0.05, 0.1) is 30.2 Å². The monoisotopic (exact) mass is 539 g/mol. The van der Waals surface area contributed by atoms with Gasteiger partial charge < -0.3 is 13.9 Å². The third-order valence-electron chi connectivity index (χ3n) is 6.00. The fourth-order valence-electron chi connectivity index (χ4n) is 4.41. The van der Waals surface area contributed by atoms with Gasteiger partial charge in [-0.05, 0) is 55.7 Å². The first-order chi connectivity index (χ1) is 18.0. The minimum atomic E-state index is -0.788. The van der Waals surface area contributed by atoms with Gasteiger partial charge in [-0.15, -0.1) is 10.2 Å². The molecule has 37 heavy (non-hydrogen) atoms. The van der Waals surface area contributed by atoms with Crippen LogP contribution in [0, 0.1) is 0 Å².